The van der Waals surface area contributed by atoms with Crippen molar-refractivity contribution in [1.82, 2.24) is 10.3 Å². The van der Waals surface area contributed by atoms with Gasteiger partial charge in [0.25, 0.3) is 0 Å². The fourth-order valence-corrected chi connectivity index (χ4v) is 2.63. The molecule has 14 heavy (non-hydrogen) atoms. The topological polar surface area (TPSA) is 45.1 Å². The molecule has 0 amide bonds. The van der Waals surface area contributed by atoms with Gasteiger partial charge in [-0.05, 0) is 26.2 Å². The van der Waals surface area contributed by atoms with E-state index in [0.29, 0.717) is 0 Å². The maximum Gasteiger partial charge on any atom is 0.109 e. The second-order valence-corrected chi connectivity index (χ2v) is 4.79. The van der Waals surface area contributed by atoms with Crippen LogP contribution in [-0.2, 0) is 0 Å². The lowest BCUT2D eigenvalue weighted by atomic mass is 10.2. The third kappa shape index (κ3) is 2.13. The van der Waals surface area contributed by atoms with E-state index in [4.69, 9.17) is 0 Å². The van der Waals surface area contributed by atoms with Crippen LogP contribution in [0.25, 0.3) is 0 Å². The molecule has 0 aliphatic heterocycles. The van der Waals surface area contributed by atoms with Crippen molar-refractivity contribution in [3.63, 3.8) is 0 Å². The Labute approximate surface area is 88.2 Å². The van der Waals surface area contributed by atoms with Gasteiger partial charge in [-0.2, -0.15) is 0 Å². The molecule has 0 bridgehead atoms. The molecule has 78 valence electrons. The summed E-state index contributed by atoms with van der Waals surface area (Å²) in [5.41, 5.74) is 0. The first kappa shape index (κ1) is 10.1. The molecule has 1 aliphatic rings. The zero-order valence-electron chi connectivity index (χ0n) is 8.31. The van der Waals surface area contributed by atoms with E-state index >= 15 is 0 Å². The van der Waals surface area contributed by atoms with Crippen molar-refractivity contribution in [3.8, 4) is 0 Å². The van der Waals surface area contributed by atoms with E-state index < -0.39 is 0 Å². The number of nitrogens with one attached hydrogen (secondary N) is 1. The highest BCUT2D eigenvalue weighted by atomic mass is 32.1. The number of hydrogen-bond acceptors (Lipinski definition) is 4. The van der Waals surface area contributed by atoms with Gasteiger partial charge in [0.2, 0.25) is 0 Å². The van der Waals surface area contributed by atoms with Gasteiger partial charge in [-0.25, -0.2) is 4.98 Å². The molecule has 1 heterocycles. The highest BCUT2D eigenvalue weighted by Crippen LogP contribution is 2.23. The van der Waals surface area contributed by atoms with Crippen LogP contribution in [0.15, 0.2) is 11.6 Å². The van der Waals surface area contributed by atoms with E-state index in [1.54, 1.807) is 11.3 Å². The lowest BCUT2D eigenvalue weighted by Crippen LogP contribution is -2.37. The summed E-state index contributed by atoms with van der Waals surface area (Å²) in [6, 6.07) is 0.515. The van der Waals surface area contributed by atoms with Gasteiger partial charge in [0, 0.05) is 17.6 Å². The minimum absolute atomic E-state index is 0.169. The van der Waals surface area contributed by atoms with Crippen LogP contribution in [0.1, 0.15) is 37.2 Å². The first-order valence-electron chi connectivity index (χ1n) is 5.11. The van der Waals surface area contributed by atoms with Gasteiger partial charge in [0.15, 0.2) is 0 Å². The molecule has 1 aliphatic carbocycles. The van der Waals surface area contributed by atoms with E-state index in [0.717, 1.165) is 24.3 Å². The lowest BCUT2D eigenvalue weighted by Gasteiger charge is -2.20. The van der Waals surface area contributed by atoms with Gasteiger partial charge in [0.05, 0.1) is 12.1 Å². The summed E-state index contributed by atoms with van der Waals surface area (Å²) in [6.07, 6.45) is 4.80. The standard InChI is InChI=1S/C10H16N2OS/c1-7(10-11-5-6-14-10)12-8-3-2-4-9(8)13/h5-9,12-13H,2-4H2,1H3. The molecule has 0 aromatic carbocycles. The van der Waals surface area contributed by atoms with Crippen LogP contribution in [0, 0.1) is 0 Å². The van der Waals surface area contributed by atoms with Gasteiger partial charge in [-0.3, -0.25) is 0 Å². The number of hydrogen-bond donors (Lipinski definition) is 2. The SMILES string of the molecule is CC(NC1CCCC1O)c1nccs1. The number of rotatable bonds is 3. The molecule has 1 saturated carbocycles. The van der Waals surface area contributed by atoms with Gasteiger partial charge in [-0.1, -0.05) is 0 Å². The van der Waals surface area contributed by atoms with Gasteiger partial charge >= 0.3 is 0 Å². The number of nitrogens with zero attached hydrogens (tertiary/aromatic N) is 1. The molecule has 1 aromatic rings. The summed E-state index contributed by atoms with van der Waals surface area (Å²) in [7, 11) is 0. The summed E-state index contributed by atoms with van der Waals surface area (Å²) < 4.78 is 0. The van der Waals surface area contributed by atoms with Gasteiger partial charge in [-0.15, -0.1) is 11.3 Å². The summed E-state index contributed by atoms with van der Waals surface area (Å²) in [5.74, 6) is 0. The summed E-state index contributed by atoms with van der Waals surface area (Å²) >= 11 is 1.66. The van der Waals surface area contributed by atoms with Crippen LogP contribution in [0.4, 0.5) is 0 Å². The van der Waals surface area contributed by atoms with E-state index in [1.807, 2.05) is 11.6 Å². The van der Waals surface area contributed by atoms with Crippen LogP contribution < -0.4 is 5.32 Å². The molecule has 2 N–H and O–H groups in total. The van der Waals surface area contributed by atoms with Crippen LogP contribution in [0.3, 0.4) is 0 Å². The molecule has 1 fully saturated rings. The van der Waals surface area contributed by atoms with Crippen molar-refractivity contribution in [2.24, 2.45) is 0 Å². The smallest absolute Gasteiger partial charge is 0.109 e. The van der Waals surface area contributed by atoms with Gasteiger partial charge < -0.3 is 10.4 Å². The average Bonchev–Trinajstić information content (AvgIpc) is 2.77. The molecule has 0 radical (unpaired) electrons. The Bertz CT molecular complexity index is 276. The molecule has 3 atom stereocenters. The van der Waals surface area contributed by atoms with Crippen LogP contribution in [0.5, 0.6) is 0 Å². The molecule has 3 nitrogen and oxygen atoms in total. The quantitative estimate of drug-likeness (QED) is 0.801. The largest absolute Gasteiger partial charge is 0.392 e. The monoisotopic (exact) mass is 212 g/mol. The Hall–Kier alpha value is -0.450. The molecule has 0 spiro atoms. The highest BCUT2D eigenvalue weighted by molar-refractivity contribution is 7.09. The zero-order valence-corrected chi connectivity index (χ0v) is 9.13. The Morgan fingerprint density at radius 1 is 1.64 bits per heavy atom. The Morgan fingerprint density at radius 2 is 2.50 bits per heavy atom. The molecule has 3 unspecified atom stereocenters. The summed E-state index contributed by atoms with van der Waals surface area (Å²) in [6.45, 7) is 2.10. The van der Waals surface area contributed by atoms with Gasteiger partial charge in [0.1, 0.15) is 5.01 Å². The lowest BCUT2D eigenvalue weighted by molar-refractivity contribution is 0.144. The molecule has 1 aromatic heterocycles. The Kier molecular flexibility index (Phi) is 3.15. The van der Waals surface area contributed by atoms with Crippen molar-refractivity contribution < 1.29 is 5.11 Å². The van der Waals surface area contributed by atoms with E-state index in [-0.39, 0.29) is 18.2 Å². The van der Waals surface area contributed by atoms with E-state index in [2.05, 4.69) is 17.2 Å². The molecule has 0 saturated heterocycles. The van der Waals surface area contributed by atoms with Crippen LogP contribution in [-0.4, -0.2) is 22.2 Å². The Morgan fingerprint density at radius 3 is 3.07 bits per heavy atom. The molecule has 4 heteroatoms. The fourth-order valence-electron chi connectivity index (χ4n) is 1.98. The molecular formula is C10H16N2OS. The van der Waals surface area contributed by atoms with Crippen molar-refractivity contribution in [2.45, 2.75) is 44.4 Å². The zero-order chi connectivity index (χ0) is 9.97. The van der Waals surface area contributed by atoms with Crippen LogP contribution in [0.2, 0.25) is 0 Å². The molecular weight excluding hydrogens is 196 g/mol. The van der Waals surface area contributed by atoms with Crippen molar-refractivity contribution >= 4 is 11.3 Å². The third-order valence-electron chi connectivity index (χ3n) is 2.77. The van der Waals surface area contributed by atoms with E-state index in [1.165, 1.54) is 0 Å². The van der Waals surface area contributed by atoms with Crippen molar-refractivity contribution in [2.75, 3.05) is 0 Å². The number of thiazole rings is 1. The number of aliphatic hydroxyl groups is 1. The second kappa shape index (κ2) is 4.38. The predicted molar refractivity (Wildman–Crippen MR) is 57.3 cm³/mol. The van der Waals surface area contributed by atoms with E-state index in [9.17, 15) is 5.11 Å². The first-order chi connectivity index (χ1) is 6.77. The maximum absolute atomic E-state index is 9.66. The van der Waals surface area contributed by atoms with Crippen molar-refractivity contribution in [3.05, 3.63) is 16.6 Å². The molecule has 2 rings (SSSR count). The maximum atomic E-state index is 9.66. The Balaban J connectivity index is 1.91. The van der Waals surface area contributed by atoms with Crippen LogP contribution >= 0.6 is 11.3 Å². The normalized spacial score (nSPS) is 29.3. The minimum atomic E-state index is -0.169. The highest BCUT2D eigenvalue weighted by Gasteiger charge is 2.26. The second-order valence-electron chi connectivity index (χ2n) is 3.86. The number of aromatic nitrogens is 1. The minimum Gasteiger partial charge on any atom is -0.392 e. The number of aliphatic hydroxyl groups excluding tert-OH is 1. The first-order valence-corrected chi connectivity index (χ1v) is 5.99. The van der Waals surface area contributed by atoms with Crippen molar-refractivity contribution in [1.29, 1.82) is 0 Å². The summed E-state index contributed by atoms with van der Waals surface area (Å²) in [5, 5.41) is 16.2. The predicted octanol–water partition coefficient (Wildman–Crippen LogP) is 1.71. The summed E-state index contributed by atoms with van der Waals surface area (Å²) in [4.78, 5) is 4.26. The third-order valence-corrected chi connectivity index (χ3v) is 3.72. The fraction of sp³-hybridized carbons (Fsp3) is 0.700. The average molecular weight is 212 g/mol.